The highest BCUT2D eigenvalue weighted by molar-refractivity contribution is 7.14. The molecule has 0 saturated carbocycles. The fraction of sp³-hybridized carbons (Fsp3) is 0.133. The van der Waals surface area contributed by atoms with Crippen LogP contribution in [0.2, 0.25) is 0 Å². The minimum Gasteiger partial charge on any atom is -0.369 e. The average Bonchev–Trinajstić information content (AvgIpc) is 3.14. The van der Waals surface area contributed by atoms with Crippen LogP contribution in [0.3, 0.4) is 0 Å². The van der Waals surface area contributed by atoms with Crippen molar-refractivity contribution in [2.45, 2.75) is 13.3 Å². The number of carbonyl (C=O) groups excluding carboxylic acids is 2. The molecule has 0 radical (unpaired) electrons. The summed E-state index contributed by atoms with van der Waals surface area (Å²) in [6, 6.07) is 5.67. The lowest BCUT2D eigenvalue weighted by atomic mass is 10.3. The van der Waals surface area contributed by atoms with E-state index >= 15 is 0 Å². The average molecular weight is 360 g/mol. The molecule has 0 unspecified atom stereocenters. The van der Waals surface area contributed by atoms with Crippen molar-refractivity contribution in [1.29, 1.82) is 0 Å². The highest BCUT2D eigenvalue weighted by Crippen LogP contribution is 2.18. The molecular weight excluding hydrogens is 347 g/mol. The second-order valence-electron chi connectivity index (χ2n) is 5.15. The molecule has 1 aromatic carbocycles. The van der Waals surface area contributed by atoms with E-state index in [9.17, 15) is 14.0 Å². The van der Waals surface area contributed by atoms with Gasteiger partial charge < -0.3 is 5.73 Å². The lowest BCUT2D eigenvalue weighted by molar-refractivity contribution is -0.117. The van der Waals surface area contributed by atoms with E-state index in [0.717, 1.165) is 0 Å². The minimum absolute atomic E-state index is 0.00610. The summed E-state index contributed by atoms with van der Waals surface area (Å²) in [6.45, 7) is 1.68. The molecule has 2 aromatic heterocycles. The van der Waals surface area contributed by atoms with Crippen LogP contribution in [0.4, 0.5) is 9.52 Å². The van der Waals surface area contributed by atoms with E-state index in [1.54, 1.807) is 12.3 Å². The summed E-state index contributed by atoms with van der Waals surface area (Å²) in [6.07, 6.45) is 0.00610. The maximum atomic E-state index is 13.0. The van der Waals surface area contributed by atoms with Crippen LogP contribution in [0.1, 0.15) is 21.9 Å². The number of anilines is 1. The van der Waals surface area contributed by atoms with E-state index in [0.29, 0.717) is 22.2 Å². The number of amides is 2. The first kappa shape index (κ1) is 16.7. The summed E-state index contributed by atoms with van der Waals surface area (Å²) in [7, 11) is 0. The smallest absolute Gasteiger partial charge is 0.279 e. The molecule has 0 bridgehead atoms. The number of nitrogens with zero attached hydrogens (tertiary/aromatic N) is 4. The molecule has 3 aromatic rings. The van der Waals surface area contributed by atoms with Crippen LogP contribution in [0.15, 0.2) is 29.6 Å². The van der Waals surface area contributed by atoms with Crippen molar-refractivity contribution in [3.05, 3.63) is 52.5 Å². The number of thiazole rings is 1. The van der Waals surface area contributed by atoms with Crippen molar-refractivity contribution in [2.24, 2.45) is 5.73 Å². The van der Waals surface area contributed by atoms with E-state index in [4.69, 9.17) is 5.73 Å². The van der Waals surface area contributed by atoms with Gasteiger partial charge in [-0.05, 0) is 31.2 Å². The number of aromatic nitrogens is 4. The van der Waals surface area contributed by atoms with Crippen molar-refractivity contribution in [3.63, 3.8) is 0 Å². The first-order chi connectivity index (χ1) is 11.9. The van der Waals surface area contributed by atoms with E-state index in [-0.39, 0.29) is 17.9 Å². The van der Waals surface area contributed by atoms with Gasteiger partial charge in [-0.15, -0.1) is 16.4 Å². The molecule has 3 N–H and O–H groups in total. The van der Waals surface area contributed by atoms with E-state index in [1.165, 1.54) is 40.3 Å². The third kappa shape index (κ3) is 3.69. The van der Waals surface area contributed by atoms with E-state index in [2.05, 4.69) is 20.6 Å². The monoisotopic (exact) mass is 360 g/mol. The van der Waals surface area contributed by atoms with Gasteiger partial charge in [-0.25, -0.2) is 14.1 Å². The van der Waals surface area contributed by atoms with Crippen molar-refractivity contribution < 1.29 is 14.0 Å². The predicted octanol–water partition coefficient (Wildman–Crippen LogP) is 1.45. The van der Waals surface area contributed by atoms with Crippen LogP contribution in [0.25, 0.3) is 5.69 Å². The minimum atomic E-state index is -0.499. The number of benzene rings is 1. The van der Waals surface area contributed by atoms with Crippen LogP contribution in [0, 0.1) is 12.7 Å². The van der Waals surface area contributed by atoms with Gasteiger partial charge in [0.05, 0.1) is 23.5 Å². The third-order valence-electron chi connectivity index (χ3n) is 3.31. The number of hydrogen-bond acceptors (Lipinski definition) is 6. The zero-order valence-electron chi connectivity index (χ0n) is 13.1. The Kier molecular flexibility index (Phi) is 4.52. The summed E-state index contributed by atoms with van der Waals surface area (Å²) in [5, 5.41) is 12.4. The zero-order valence-corrected chi connectivity index (χ0v) is 13.9. The van der Waals surface area contributed by atoms with Gasteiger partial charge in [0.1, 0.15) is 5.82 Å². The number of nitrogens with two attached hydrogens (primary N) is 1. The molecule has 2 amide bonds. The fourth-order valence-corrected chi connectivity index (χ4v) is 2.85. The number of hydrogen-bond donors (Lipinski definition) is 2. The van der Waals surface area contributed by atoms with Crippen LogP contribution in [-0.2, 0) is 11.2 Å². The SMILES string of the molecule is Cc1c(C(=O)Nc2nc(CC(N)=O)cs2)nnn1-c1ccc(F)cc1. The van der Waals surface area contributed by atoms with Gasteiger partial charge in [-0.3, -0.25) is 14.9 Å². The highest BCUT2D eigenvalue weighted by atomic mass is 32.1. The van der Waals surface area contributed by atoms with Crippen LogP contribution >= 0.6 is 11.3 Å². The Labute approximate surface area is 145 Å². The lowest BCUT2D eigenvalue weighted by Gasteiger charge is -2.03. The molecule has 0 spiro atoms. The molecule has 128 valence electrons. The first-order valence-electron chi connectivity index (χ1n) is 7.16. The van der Waals surface area contributed by atoms with Crippen LogP contribution in [0.5, 0.6) is 0 Å². The summed E-state index contributed by atoms with van der Waals surface area (Å²) in [4.78, 5) is 27.3. The van der Waals surface area contributed by atoms with Gasteiger partial charge in [-0.1, -0.05) is 5.21 Å². The molecule has 25 heavy (non-hydrogen) atoms. The maximum absolute atomic E-state index is 13.0. The van der Waals surface area contributed by atoms with Crippen molar-refractivity contribution in [3.8, 4) is 5.69 Å². The summed E-state index contributed by atoms with van der Waals surface area (Å²) < 4.78 is 14.5. The zero-order chi connectivity index (χ0) is 18.0. The Morgan fingerprint density at radius 1 is 1.32 bits per heavy atom. The number of primary amides is 1. The Balaban J connectivity index is 1.78. The Hall–Kier alpha value is -3.14. The quantitative estimate of drug-likeness (QED) is 0.714. The molecular formula is C15H13FN6O2S. The molecule has 8 nitrogen and oxygen atoms in total. The van der Waals surface area contributed by atoms with E-state index in [1.807, 2.05) is 0 Å². The molecule has 0 fully saturated rings. The molecule has 0 aliphatic heterocycles. The third-order valence-corrected chi connectivity index (χ3v) is 4.11. The Bertz CT molecular complexity index is 934. The number of nitrogens with one attached hydrogen (secondary N) is 1. The van der Waals surface area contributed by atoms with Crippen LogP contribution < -0.4 is 11.1 Å². The van der Waals surface area contributed by atoms with Gasteiger partial charge in [0, 0.05) is 5.38 Å². The van der Waals surface area contributed by atoms with Gasteiger partial charge >= 0.3 is 0 Å². The number of rotatable bonds is 5. The molecule has 0 atom stereocenters. The fourth-order valence-electron chi connectivity index (χ4n) is 2.15. The number of halogens is 1. The largest absolute Gasteiger partial charge is 0.369 e. The highest BCUT2D eigenvalue weighted by Gasteiger charge is 2.18. The lowest BCUT2D eigenvalue weighted by Crippen LogP contribution is -2.15. The second kappa shape index (κ2) is 6.77. The van der Waals surface area contributed by atoms with Gasteiger partial charge in [0.25, 0.3) is 5.91 Å². The van der Waals surface area contributed by atoms with Crippen molar-refractivity contribution in [2.75, 3.05) is 5.32 Å². The molecule has 10 heteroatoms. The topological polar surface area (TPSA) is 116 Å². The second-order valence-corrected chi connectivity index (χ2v) is 6.01. The number of carbonyl (C=O) groups is 2. The summed E-state index contributed by atoms with van der Waals surface area (Å²) in [5.74, 6) is -1.35. The van der Waals surface area contributed by atoms with Gasteiger partial charge in [0.15, 0.2) is 10.8 Å². The summed E-state index contributed by atoms with van der Waals surface area (Å²) >= 11 is 1.18. The summed E-state index contributed by atoms with van der Waals surface area (Å²) in [5.41, 5.74) is 6.80. The standard InChI is InChI=1S/C15H13FN6O2S/c1-8-13(20-21-22(8)11-4-2-9(16)3-5-11)14(24)19-15-18-10(7-25-15)6-12(17)23/h2-5,7H,6H2,1H3,(H2,17,23)(H,18,19,24). The molecule has 2 heterocycles. The van der Waals surface area contributed by atoms with Gasteiger partial charge in [-0.2, -0.15) is 0 Å². The normalized spacial score (nSPS) is 10.6. The van der Waals surface area contributed by atoms with Crippen LogP contribution in [-0.4, -0.2) is 31.8 Å². The molecule has 0 aliphatic rings. The molecule has 0 saturated heterocycles. The Morgan fingerprint density at radius 3 is 2.72 bits per heavy atom. The van der Waals surface area contributed by atoms with Crippen molar-refractivity contribution >= 4 is 28.3 Å². The van der Waals surface area contributed by atoms with Crippen molar-refractivity contribution in [1.82, 2.24) is 20.0 Å². The maximum Gasteiger partial charge on any atom is 0.279 e. The molecule has 0 aliphatic carbocycles. The predicted molar refractivity (Wildman–Crippen MR) is 89.0 cm³/mol. The first-order valence-corrected chi connectivity index (χ1v) is 8.04. The van der Waals surface area contributed by atoms with E-state index < -0.39 is 11.8 Å². The van der Waals surface area contributed by atoms with Gasteiger partial charge in [0.2, 0.25) is 5.91 Å². The Morgan fingerprint density at radius 2 is 2.04 bits per heavy atom. The molecule has 3 rings (SSSR count).